The Kier molecular flexibility index (Phi) is 4.20. The smallest absolute Gasteiger partial charge is 0.309 e. The number of carbonyl (C=O) groups is 1. The van der Waals surface area contributed by atoms with Crippen molar-refractivity contribution in [2.24, 2.45) is 5.41 Å². The molecule has 2 aliphatic rings. The number of carboxylic acid groups (broad SMARTS) is 1. The predicted molar refractivity (Wildman–Crippen MR) is 72.3 cm³/mol. The van der Waals surface area contributed by atoms with Crippen LogP contribution in [0.15, 0.2) is 0 Å². The molecule has 1 saturated carbocycles. The molecule has 0 amide bonds. The third-order valence-electron chi connectivity index (χ3n) is 4.68. The van der Waals surface area contributed by atoms with Crippen LogP contribution in [0.1, 0.15) is 51.9 Å². The zero-order chi connectivity index (χ0) is 14.1. The molecule has 5 nitrogen and oxygen atoms in total. The summed E-state index contributed by atoms with van der Waals surface area (Å²) in [7, 11) is -3.22. The highest BCUT2D eigenvalue weighted by Gasteiger charge is 2.42. The van der Waals surface area contributed by atoms with E-state index in [-0.39, 0.29) is 5.25 Å². The minimum absolute atomic E-state index is 0.240. The Balaban J connectivity index is 2.02. The molecular formula is C13H23NO4S. The fourth-order valence-electron chi connectivity index (χ4n) is 3.02. The van der Waals surface area contributed by atoms with Crippen LogP contribution >= 0.6 is 0 Å². The van der Waals surface area contributed by atoms with Crippen LogP contribution < -0.4 is 0 Å². The first kappa shape index (κ1) is 14.8. The fourth-order valence-corrected chi connectivity index (χ4v) is 5.06. The van der Waals surface area contributed by atoms with Crippen LogP contribution in [0, 0.1) is 5.41 Å². The topological polar surface area (TPSA) is 74.7 Å². The van der Waals surface area contributed by atoms with Crippen molar-refractivity contribution in [1.29, 1.82) is 0 Å². The van der Waals surface area contributed by atoms with Gasteiger partial charge in [-0.2, -0.15) is 0 Å². The van der Waals surface area contributed by atoms with Gasteiger partial charge < -0.3 is 5.11 Å². The summed E-state index contributed by atoms with van der Waals surface area (Å²) in [6.07, 6.45) is 5.45. The predicted octanol–water partition coefficient (Wildman–Crippen LogP) is 1.84. The van der Waals surface area contributed by atoms with E-state index in [1.54, 1.807) is 6.92 Å². The molecule has 0 aromatic heterocycles. The molecule has 1 N–H and O–H groups in total. The van der Waals surface area contributed by atoms with Gasteiger partial charge in [0.2, 0.25) is 10.0 Å². The van der Waals surface area contributed by atoms with Gasteiger partial charge in [0.1, 0.15) is 0 Å². The summed E-state index contributed by atoms with van der Waals surface area (Å²) in [4.78, 5) is 11.2. The molecule has 1 heterocycles. The van der Waals surface area contributed by atoms with Crippen LogP contribution in [0.2, 0.25) is 0 Å². The van der Waals surface area contributed by atoms with Gasteiger partial charge in [-0.05, 0) is 32.6 Å². The molecule has 2 fully saturated rings. The number of rotatable bonds is 3. The molecule has 1 saturated heterocycles. The zero-order valence-electron chi connectivity index (χ0n) is 11.5. The van der Waals surface area contributed by atoms with Gasteiger partial charge in [-0.1, -0.05) is 19.3 Å². The Morgan fingerprint density at radius 2 is 1.68 bits per heavy atom. The van der Waals surface area contributed by atoms with Crippen molar-refractivity contribution in [2.45, 2.75) is 57.1 Å². The lowest BCUT2D eigenvalue weighted by Crippen LogP contribution is -2.48. The van der Waals surface area contributed by atoms with E-state index in [1.165, 1.54) is 4.31 Å². The van der Waals surface area contributed by atoms with Crippen molar-refractivity contribution in [2.75, 3.05) is 13.1 Å². The largest absolute Gasteiger partial charge is 0.481 e. The number of carboxylic acids is 1. The highest BCUT2D eigenvalue weighted by atomic mass is 32.2. The summed E-state index contributed by atoms with van der Waals surface area (Å²) in [5, 5.41) is 8.93. The van der Waals surface area contributed by atoms with Crippen molar-refractivity contribution in [3.63, 3.8) is 0 Å². The van der Waals surface area contributed by atoms with E-state index in [9.17, 15) is 13.2 Å². The maximum atomic E-state index is 12.5. The second kappa shape index (κ2) is 5.40. The number of piperidine rings is 1. The first-order valence-electron chi connectivity index (χ1n) is 7.09. The second-order valence-corrected chi connectivity index (χ2v) is 8.28. The quantitative estimate of drug-likeness (QED) is 0.860. The highest BCUT2D eigenvalue weighted by Crippen LogP contribution is 2.34. The normalized spacial score (nSPS) is 26.2. The van der Waals surface area contributed by atoms with Crippen molar-refractivity contribution in [3.8, 4) is 0 Å². The number of hydrogen-bond donors (Lipinski definition) is 1. The second-order valence-electron chi connectivity index (χ2n) is 6.07. The van der Waals surface area contributed by atoms with Gasteiger partial charge in [-0.25, -0.2) is 12.7 Å². The SMILES string of the molecule is CC1(C(=O)O)CCN(S(=O)(=O)C2CCCCC2)CC1. The van der Waals surface area contributed by atoms with E-state index >= 15 is 0 Å². The average molecular weight is 289 g/mol. The molecule has 1 aliphatic heterocycles. The van der Waals surface area contributed by atoms with Crippen molar-refractivity contribution in [1.82, 2.24) is 4.31 Å². The Bertz CT molecular complexity index is 432. The van der Waals surface area contributed by atoms with Crippen LogP contribution in [0.4, 0.5) is 0 Å². The lowest BCUT2D eigenvalue weighted by molar-refractivity contribution is -0.150. The molecule has 0 atom stereocenters. The fraction of sp³-hybridized carbons (Fsp3) is 0.923. The van der Waals surface area contributed by atoms with Crippen LogP contribution in [-0.2, 0) is 14.8 Å². The van der Waals surface area contributed by atoms with Gasteiger partial charge in [0.15, 0.2) is 0 Å². The summed E-state index contributed by atoms with van der Waals surface area (Å²) in [6, 6.07) is 0. The lowest BCUT2D eigenvalue weighted by Gasteiger charge is -2.38. The third kappa shape index (κ3) is 2.94. The Morgan fingerprint density at radius 3 is 2.16 bits per heavy atom. The van der Waals surface area contributed by atoms with Gasteiger partial charge in [0, 0.05) is 13.1 Å². The molecule has 0 aromatic carbocycles. The minimum Gasteiger partial charge on any atom is -0.481 e. The molecule has 2 rings (SSSR count). The van der Waals surface area contributed by atoms with Gasteiger partial charge in [-0.15, -0.1) is 0 Å². The molecule has 0 spiro atoms. The van der Waals surface area contributed by atoms with E-state index in [1.807, 2.05) is 0 Å². The van der Waals surface area contributed by atoms with Gasteiger partial charge in [-0.3, -0.25) is 4.79 Å². The van der Waals surface area contributed by atoms with Crippen LogP contribution in [-0.4, -0.2) is 42.1 Å². The van der Waals surface area contributed by atoms with E-state index in [0.29, 0.717) is 25.9 Å². The standard InChI is InChI=1S/C13H23NO4S/c1-13(12(15)16)7-9-14(10-8-13)19(17,18)11-5-3-2-4-6-11/h11H,2-10H2,1H3,(H,15,16). The van der Waals surface area contributed by atoms with Crippen molar-refractivity contribution in [3.05, 3.63) is 0 Å². The van der Waals surface area contributed by atoms with Gasteiger partial charge >= 0.3 is 5.97 Å². The number of aliphatic carboxylic acids is 1. The maximum Gasteiger partial charge on any atom is 0.309 e. The number of hydrogen-bond acceptors (Lipinski definition) is 3. The van der Waals surface area contributed by atoms with Crippen LogP contribution in [0.25, 0.3) is 0 Å². The van der Waals surface area contributed by atoms with Crippen molar-refractivity contribution < 1.29 is 18.3 Å². The van der Waals surface area contributed by atoms with E-state index < -0.39 is 21.4 Å². The molecule has 0 aromatic rings. The molecule has 0 bridgehead atoms. The number of sulfonamides is 1. The molecule has 0 radical (unpaired) electrons. The van der Waals surface area contributed by atoms with Gasteiger partial charge in [0.25, 0.3) is 0 Å². The molecule has 110 valence electrons. The summed E-state index contributed by atoms with van der Waals surface area (Å²) in [5.74, 6) is -0.817. The first-order valence-corrected chi connectivity index (χ1v) is 8.59. The minimum atomic E-state index is -3.22. The van der Waals surface area contributed by atoms with E-state index in [0.717, 1.165) is 32.1 Å². The maximum absolute atomic E-state index is 12.5. The molecule has 0 unspecified atom stereocenters. The summed E-state index contributed by atoms with van der Waals surface area (Å²) in [5.41, 5.74) is -0.765. The first-order chi connectivity index (χ1) is 8.86. The molecule has 1 aliphatic carbocycles. The molecule has 6 heteroatoms. The molecule has 19 heavy (non-hydrogen) atoms. The van der Waals surface area contributed by atoms with E-state index in [2.05, 4.69) is 0 Å². The Morgan fingerprint density at radius 1 is 1.16 bits per heavy atom. The summed E-state index contributed by atoms with van der Waals surface area (Å²) < 4.78 is 26.5. The van der Waals surface area contributed by atoms with Crippen LogP contribution in [0.5, 0.6) is 0 Å². The Labute approximate surface area is 115 Å². The monoisotopic (exact) mass is 289 g/mol. The average Bonchev–Trinajstić information content (AvgIpc) is 2.40. The summed E-state index contributed by atoms with van der Waals surface area (Å²) >= 11 is 0. The summed E-state index contributed by atoms with van der Waals surface area (Å²) in [6.45, 7) is 2.41. The third-order valence-corrected chi connectivity index (χ3v) is 7.07. The molecular weight excluding hydrogens is 266 g/mol. The highest BCUT2D eigenvalue weighted by molar-refractivity contribution is 7.89. The van der Waals surface area contributed by atoms with Gasteiger partial charge in [0.05, 0.1) is 10.7 Å². The zero-order valence-corrected chi connectivity index (χ0v) is 12.3. The van der Waals surface area contributed by atoms with Crippen LogP contribution in [0.3, 0.4) is 0 Å². The van der Waals surface area contributed by atoms with Crippen molar-refractivity contribution >= 4 is 16.0 Å². The van der Waals surface area contributed by atoms with E-state index in [4.69, 9.17) is 5.11 Å². The number of nitrogens with zero attached hydrogens (tertiary/aromatic N) is 1. The Hall–Kier alpha value is -0.620. The lowest BCUT2D eigenvalue weighted by atomic mass is 9.81.